The quantitative estimate of drug-likeness (QED) is 0.651. The standard InChI is InChI=1S/C25H29N3O2/c1-20(23-13-8-18-30-23)26-24(29)19-27-14-16-28(17-15-27)25(21-9-4-2-5-10-21)22-11-6-3-7-12-22/h2-13,18,20,25H,14-17,19H2,1H3,(H,26,29). The van der Waals surface area contributed by atoms with E-state index in [2.05, 4.69) is 75.8 Å². The molecule has 0 spiro atoms. The van der Waals surface area contributed by atoms with Crippen molar-refractivity contribution in [3.05, 3.63) is 95.9 Å². The van der Waals surface area contributed by atoms with Gasteiger partial charge in [0.1, 0.15) is 5.76 Å². The Morgan fingerprint density at radius 1 is 0.900 bits per heavy atom. The summed E-state index contributed by atoms with van der Waals surface area (Å²) < 4.78 is 5.38. The molecule has 1 aliphatic heterocycles. The minimum Gasteiger partial charge on any atom is -0.467 e. The van der Waals surface area contributed by atoms with Crippen LogP contribution in [0.25, 0.3) is 0 Å². The van der Waals surface area contributed by atoms with Gasteiger partial charge in [-0.2, -0.15) is 0 Å². The van der Waals surface area contributed by atoms with Crippen molar-refractivity contribution in [3.63, 3.8) is 0 Å². The van der Waals surface area contributed by atoms with Crippen LogP contribution < -0.4 is 5.32 Å². The molecule has 2 heterocycles. The summed E-state index contributed by atoms with van der Waals surface area (Å²) in [4.78, 5) is 17.2. The third-order valence-corrected chi connectivity index (χ3v) is 5.72. The molecule has 1 aliphatic rings. The summed E-state index contributed by atoms with van der Waals surface area (Å²) in [6.45, 7) is 5.96. The smallest absolute Gasteiger partial charge is 0.234 e. The van der Waals surface area contributed by atoms with Crippen molar-refractivity contribution in [2.24, 2.45) is 0 Å². The summed E-state index contributed by atoms with van der Waals surface area (Å²) in [5.74, 6) is 0.816. The average molecular weight is 404 g/mol. The normalized spacial score (nSPS) is 16.5. The van der Waals surface area contributed by atoms with E-state index < -0.39 is 0 Å². The SMILES string of the molecule is CC(NC(=O)CN1CCN(C(c2ccccc2)c2ccccc2)CC1)c1ccco1. The van der Waals surface area contributed by atoms with Crippen LogP contribution in [0.1, 0.15) is 35.9 Å². The van der Waals surface area contributed by atoms with Gasteiger partial charge in [0.2, 0.25) is 5.91 Å². The highest BCUT2D eigenvalue weighted by Crippen LogP contribution is 2.29. The number of furan rings is 1. The number of carbonyl (C=O) groups excluding carboxylic acids is 1. The lowest BCUT2D eigenvalue weighted by molar-refractivity contribution is -0.123. The molecule has 1 fully saturated rings. The molecule has 3 aromatic rings. The maximum absolute atomic E-state index is 12.5. The Hall–Kier alpha value is -2.89. The van der Waals surface area contributed by atoms with Crippen molar-refractivity contribution in [1.82, 2.24) is 15.1 Å². The third kappa shape index (κ3) is 4.99. The molecule has 156 valence electrons. The van der Waals surface area contributed by atoms with Crippen molar-refractivity contribution in [3.8, 4) is 0 Å². The van der Waals surface area contributed by atoms with E-state index in [1.165, 1.54) is 11.1 Å². The fourth-order valence-electron chi connectivity index (χ4n) is 4.16. The van der Waals surface area contributed by atoms with Gasteiger partial charge in [0, 0.05) is 26.2 Å². The molecule has 30 heavy (non-hydrogen) atoms. The molecule has 5 nitrogen and oxygen atoms in total. The Morgan fingerprint density at radius 3 is 2.03 bits per heavy atom. The fraction of sp³-hybridized carbons (Fsp3) is 0.320. The molecule has 4 rings (SSSR count). The predicted molar refractivity (Wildman–Crippen MR) is 118 cm³/mol. The molecule has 1 saturated heterocycles. The molecule has 0 bridgehead atoms. The molecule has 1 atom stereocenters. The topological polar surface area (TPSA) is 48.7 Å². The van der Waals surface area contributed by atoms with Gasteiger partial charge < -0.3 is 9.73 Å². The summed E-state index contributed by atoms with van der Waals surface area (Å²) >= 11 is 0. The molecule has 1 aromatic heterocycles. The van der Waals surface area contributed by atoms with E-state index in [1.807, 2.05) is 19.1 Å². The van der Waals surface area contributed by atoms with Crippen LogP contribution in [0.3, 0.4) is 0 Å². The summed E-state index contributed by atoms with van der Waals surface area (Å²) in [6, 6.07) is 25.2. The molecule has 1 unspecified atom stereocenters. The lowest BCUT2D eigenvalue weighted by atomic mass is 9.96. The number of nitrogens with one attached hydrogen (secondary N) is 1. The fourth-order valence-corrected chi connectivity index (χ4v) is 4.16. The monoisotopic (exact) mass is 403 g/mol. The number of hydrogen-bond donors (Lipinski definition) is 1. The minimum atomic E-state index is -0.116. The van der Waals surface area contributed by atoms with Gasteiger partial charge in [-0.3, -0.25) is 14.6 Å². The molecular weight excluding hydrogens is 374 g/mol. The summed E-state index contributed by atoms with van der Waals surface area (Å²) in [6.07, 6.45) is 1.63. The summed E-state index contributed by atoms with van der Waals surface area (Å²) in [7, 11) is 0. The van der Waals surface area contributed by atoms with E-state index in [0.717, 1.165) is 31.9 Å². The largest absolute Gasteiger partial charge is 0.467 e. The minimum absolute atomic E-state index is 0.0371. The predicted octanol–water partition coefficient (Wildman–Crippen LogP) is 3.86. The first-order valence-electron chi connectivity index (χ1n) is 10.6. The van der Waals surface area contributed by atoms with E-state index in [4.69, 9.17) is 4.42 Å². The molecule has 1 amide bonds. The van der Waals surface area contributed by atoms with Crippen LogP contribution in [0.4, 0.5) is 0 Å². The molecule has 5 heteroatoms. The van der Waals surface area contributed by atoms with Gasteiger partial charge in [0.25, 0.3) is 0 Å². The van der Waals surface area contributed by atoms with Gasteiger partial charge in [0.05, 0.1) is 24.9 Å². The number of rotatable bonds is 7. The van der Waals surface area contributed by atoms with E-state index in [9.17, 15) is 4.79 Å². The van der Waals surface area contributed by atoms with Gasteiger partial charge in [-0.05, 0) is 30.2 Å². The third-order valence-electron chi connectivity index (χ3n) is 5.72. The first-order chi connectivity index (χ1) is 14.7. The second-order valence-electron chi connectivity index (χ2n) is 7.84. The summed E-state index contributed by atoms with van der Waals surface area (Å²) in [5.41, 5.74) is 2.62. The molecule has 0 saturated carbocycles. The van der Waals surface area contributed by atoms with Crippen LogP contribution >= 0.6 is 0 Å². The highest BCUT2D eigenvalue weighted by molar-refractivity contribution is 5.78. The van der Waals surface area contributed by atoms with Crippen LogP contribution in [0, 0.1) is 0 Å². The molecule has 0 aliphatic carbocycles. The highest BCUT2D eigenvalue weighted by Gasteiger charge is 2.27. The molecule has 2 aromatic carbocycles. The Morgan fingerprint density at radius 2 is 1.50 bits per heavy atom. The van der Waals surface area contributed by atoms with Crippen molar-refractivity contribution in [1.29, 1.82) is 0 Å². The van der Waals surface area contributed by atoms with Gasteiger partial charge in [-0.1, -0.05) is 60.7 Å². The summed E-state index contributed by atoms with van der Waals surface area (Å²) in [5, 5.41) is 3.03. The second kappa shape index (κ2) is 9.74. The van der Waals surface area contributed by atoms with Crippen LogP contribution in [0.2, 0.25) is 0 Å². The van der Waals surface area contributed by atoms with E-state index in [-0.39, 0.29) is 18.0 Å². The zero-order valence-corrected chi connectivity index (χ0v) is 17.4. The van der Waals surface area contributed by atoms with Crippen molar-refractivity contribution in [2.75, 3.05) is 32.7 Å². The maximum Gasteiger partial charge on any atom is 0.234 e. The first kappa shape index (κ1) is 20.4. The van der Waals surface area contributed by atoms with Crippen molar-refractivity contribution >= 4 is 5.91 Å². The Labute approximate surface area is 178 Å². The van der Waals surface area contributed by atoms with Gasteiger partial charge in [-0.25, -0.2) is 0 Å². The molecule has 1 N–H and O–H groups in total. The Bertz CT molecular complexity index is 865. The number of nitrogens with zero attached hydrogens (tertiary/aromatic N) is 2. The first-order valence-corrected chi connectivity index (χ1v) is 10.6. The van der Waals surface area contributed by atoms with Gasteiger partial charge in [-0.15, -0.1) is 0 Å². The number of carbonyl (C=O) groups is 1. The zero-order valence-electron chi connectivity index (χ0n) is 17.4. The number of benzene rings is 2. The van der Waals surface area contributed by atoms with Crippen LogP contribution in [0.15, 0.2) is 83.5 Å². The lowest BCUT2D eigenvalue weighted by Crippen LogP contribution is -2.50. The van der Waals surface area contributed by atoms with Crippen LogP contribution in [0.5, 0.6) is 0 Å². The van der Waals surface area contributed by atoms with Crippen LogP contribution in [-0.4, -0.2) is 48.4 Å². The lowest BCUT2D eigenvalue weighted by Gasteiger charge is -2.39. The Balaban J connectivity index is 1.36. The highest BCUT2D eigenvalue weighted by atomic mass is 16.3. The second-order valence-corrected chi connectivity index (χ2v) is 7.84. The van der Waals surface area contributed by atoms with Crippen LogP contribution in [-0.2, 0) is 4.79 Å². The molecular formula is C25H29N3O2. The number of piperazine rings is 1. The van der Waals surface area contributed by atoms with Crippen molar-refractivity contribution in [2.45, 2.75) is 19.0 Å². The van der Waals surface area contributed by atoms with Crippen molar-refractivity contribution < 1.29 is 9.21 Å². The van der Waals surface area contributed by atoms with E-state index in [0.29, 0.717) is 6.54 Å². The zero-order chi connectivity index (χ0) is 20.8. The average Bonchev–Trinajstić information content (AvgIpc) is 3.32. The Kier molecular flexibility index (Phi) is 6.62. The van der Waals surface area contributed by atoms with E-state index in [1.54, 1.807) is 6.26 Å². The van der Waals surface area contributed by atoms with E-state index >= 15 is 0 Å². The molecule has 0 radical (unpaired) electrons. The van der Waals surface area contributed by atoms with Gasteiger partial charge in [0.15, 0.2) is 0 Å². The maximum atomic E-state index is 12.5. The number of amides is 1. The number of hydrogen-bond acceptors (Lipinski definition) is 4. The van der Waals surface area contributed by atoms with Gasteiger partial charge >= 0.3 is 0 Å².